The van der Waals surface area contributed by atoms with Crippen LogP contribution in [-0.2, 0) is 9.53 Å². The zero-order valence-corrected chi connectivity index (χ0v) is 10.4. The highest BCUT2D eigenvalue weighted by molar-refractivity contribution is 5.79. The summed E-state index contributed by atoms with van der Waals surface area (Å²) in [6.07, 6.45) is 1.03. The van der Waals surface area contributed by atoms with E-state index in [9.17, 15) is 9.59 Å². The summed E-state index contributed by atoms with van der Waals surface area (Å²) in [5.74, 6) is 0.0708. The fourth-order valence-electron chi connectivity index (χ4n) is 1.99. The van der Waals surface area contributed by atoms with Gasteiger partial charge in [-0.15, -0.1) is 0 Å². The molecule has 1 saturated heterocycles. The zero-order chi connectivity index (χ0) is 12.8. The molecule has 0 bridgehead atoms. The number of hydrogen-bond acceptors (Lipinski definition) is 4. The van der Waals surface area contributed by atoms with Gasteiger partial charge in [-0.1, -0.05) is 6.92 Å². The molecule has 1 aliphatic rings. The van der Waals surface area contributed by atoms with E-state index in [2.05, 4.69) is 10.1 Å². The second-order valence-corrected chi connectivity index (χ2v) is 4.38. The minimum Gasteiger partial charge on any atom is -0.453 e. The fourth-order valence-corrected chi connectivity index (χ4v) is 1.99. The van der Waals surface area contributed by atoms with Crippen LogP contribution in [0, 0.1) is 5.92 Å². The highest BCUT2D eigenvalue weighted by Crippen LogP contribution is 2.14. The molecular formula is C11H21N3O3. The number of carbonyl (C=O) groups excluding carboxylic acids is 2. The number of nitrogens with two attached hydrogens (primary N) is 1. The first kappa shape index (κ1) is 13.8. The van der Waals surface area contributed by atoms with Crippen LogP contribution in [0.25, 0.3) is 0 Å². The van der Waals surface area contributed by atoms with E-state index in [-0.39, 0.29) is 17.9 Å². The van der Waals surface area contributed by atoms with E-state index in [0.717, 1.165) is 6.42 Å². The second-order valence-electron chi connectivity index (χ2n) is 4.38. The summed E-state index contributed by atoms with van der Waals surface area (Å²) in [5, 5.41) is 2.70. The van der Waals surface area contributed by atoms with E-state index in [1.165, 1.54) is 7.11 Å². The average Bonchev–Trinajstić information content (AvgIpc) is 2.76. The molecule has 0 aromatic carbocycles. The van der Waals surface area contributed by atoms with Gasteiger partial charge in [0, 0.05) is 19.0 Å². The molecule has 1 heterocycles. The lowest BCUT2D eigenvalue weighted by atomic mass is 10.1. The quantitative estimate of drug-likeness (QED) is 0.723. The summed E-state index contributed by atoms with van der Waals surface area (Å²) in [7, 11) is 1.33. The van der Waals surface area contributed by atoms with Crippen molar-refractivity contribution in [2.24, 2.45) is 11.7 Å². The molecule has 1 rings (SSSR count). The molecule has 6 heteroatoms. The molecule has 6 nitrogen and oxygen atoms in total. The van der Waals surface area contributed by atoms with Crippen LogP contribution in [-0.4, -0.2) is 49.7 Å². The molecule has 0 aromatic heterocycles. The first-order chi connectivity index (χ1) is 8.08. The van der Waals surface area contributed by atoms with Gasteiger partial charge in [0.2, 0.25) is 5.91 Å². The van der Waals surface area contributed by atoms with Crippen LogP contribution in [0.15, 0.2) is 0 Å². The van der Waals surface area contributed by atoms with Gasteiger partial charge in [0.05, 0.1) is 13.2 Å². The summed E-state index contributed by atoms with van der Waals surface area (Å²) in [6.45, 7) is 3.64. The number of likely N-dealkylation sites (tertiary alicyclic amines) is 1. The third-order valence-electron chi connectivity index (χ3n) is 3.03. The van der Waals surface area contributed by atoms with E-state index in [1.807, 2.05) is 6.92 Å². The Morgan fingerprint density at radius 1 is 1.59 bits per heavy atom. The Morgan fingerprint density at radius 2 is 2.29 bits per heavy atom. The summed E-state index contributed by atoms with van der Waals surface area (Å²) in [6, 6.07) is -0.00326. The van der Waals surface area contributed by atoms with Gasteiger partial charge in [-0.25, -0.2) is 4.79 Å². The van der Waals surface area contributed by atoms with Gasteiger partial charge >= 0.3 is 6.09 Å². The molecule has 98 valence electrons. The summed E-state index contributed by atoms with van der Waals surface area (Å²) < 4.78 is 4.52. The van der Waals surface area contributed by atoms with E-state index in [4.69, 9.17) is 5.73 Å². The normalized spacial score (nSPS) is 21.1. The lowest BCUT2D eigenvalue weighted by Gasteiger charge is -2.20. The van der Waals surface area contributed by atoms with E-state index in [0.29, 0.717) is 26.1 Å². The average molecular weight is 243 g/mol. The number of ether oxygens (including phenoxy) is 1. The highest BCUT2D eigenvalue weighted by atomic mass is 16.5. The lowest BCUT2D eigenvalue weighted by molar-refractivity contribution is -0.134. The number of alkyl carbamates (subject to hydrolysis) is 1. The minimum atomic E-state index is -0.445. The predicted octanol–water partition coefficient (Wildman–Crippen LogP) is -0.0718. The van der Waals surface area contributed by atoms with Gasteiger partial charge in [0.1, 0.15) is 0 Å². The van der Waals surface area contributed by atoms with Crippen LogP contribution in [0.2, 0.25) is 0 Å². The Morgan fingerprint density at radius 3 is 2.88 bits per heavy atom. The molecule has 1 fully saturated rings. The maximum atomic E-state index is 12.0. The van der Waals surface area contributed by atoms with Crippen molar-refractivity contribution >= 4 is 12.0 Å². The molecule has 3 N–H and O–H groups in total. The molecule has 2 amide bonds. The van der Waals surface area contributed by atoms with Gasteiger partial charge in [-0.05, 0) is 19.4 Å². The van der Waals surface area contributed by atoms with E-state index < -0.39 is 6.09 Å². The molecule has 1 aliphatic heterocycles. The van der Waals surface area contributed by atoms with Crippen LogP contribution in [0.4, 0.5) is 4.79 Å². The van der Waals surface area contributed by atoms with Crippen molar-refractivity contribution in [3.05, 3.63) is 0 Å². The number of methoxy groups -OCH3 is 1. The molecule has 0 spiro atoms. The van der Waals surface area contributed by atoms with Crippen molar-refractivity contribution in [2.45, 2.75) is 25.8 Å². The van der Waals surface area contributed by atoms with Crippen molar-refractivity contribution < 1.29 is 14.3 Å². The fraction of sp³-hybridized carbons (Fsp3) is 0.818. The number of hydrogen-bond donors (Lipinski definition) is 2. The van der Waals surface area contributed by atoms with Crippen LogP contribution < -0.4 is 11.1 Å². The monoisotopic (exact) mass is 243 g/mol. The van der Waals surface area contributed by atoms with E-state index in [1.54, 1.807) is 4.90 Å². The van der Waals surface area contributed by atoms with Crippen molar-refractivity contribution in [3.63, 3.8) is 0 Å². The molecule has 0 aliphatic carbocycles. The molecule has 0 radical (unpaired) electrons. The number of carbonyl (C=O) groups is 2. The minimum absolute atomic E-state index is 0.00326. The Hall–Kier alpha value is -1.30. The number of nitrogens with one attached hydrogen (secondary N) is 1. The SMILES string of the molecule is COC(=O)NC1CCN(C(=O)C(C)CCN)C1. The van der Waals surface area contributed by atoms with Gasteiger partial charge in [0.25, 0.3) is 0 Å². The molecular weight excluding hydrogens is 222 g/mol. The van der Waals surface area contributed by atoms with Crippen LogP contribution in [0.5, 0.6) is 0 Å². The Labute approximate surface area is 101 Å². The van der Waals surface area contributed by atoms with E-state index >= 15 is 0 Å². The van der Waals surface area contributed by atoms with Crippen LogP contribution >= 0.6 is 0 Å². The molecule has 17 heavy (non-hydrogen) atoms. The molecule has 0 saturated carbocycles. The lowest BCUT2D eigenvalue weighted by Crippen LogP contribution is -2.40. The van der Waals surface area contributed by atoms with Crippen molar-refractivity contribution in [1.82, 2.24) is 10.2 Å². The van der Waals surface area contributed by atoms with Gasteiger partial charge in [-0.2, -0.15) is 0 Å². The number of rotatable bonds is 4. The second kappa shape index (κ2) is 6.44. The number of amides is 2. The van der Waals surface area contributed by atoms with Gasteiger partial charge in [-0.3, -0.25) is 4.79 Å². The molecule has 2 unspecified atom stereocenters. The van der Waals surface area contributed by atoms with Crippen LogP contribution in [0.1, 0.15) is 19.8 Å². The number of nitrogens with zero attached hydrogens (tertiary/aromatic N) is 1. The molecule has 0 aromatic rings. The highest BCUT2D eigenvalue weighted by Gasteiger charge is 2.29. The third kappa shape index (κ3) is 3.89. The van der Waals surface area contributed by atoms with Crippen LogP contribution in [0.3, 0.4) is 0 Å². The van der Waals surface area contributed by atoms with Crippen molar-refractivity contribution in [1.29, 1.82) is 0 Å². The Balaban J connectivity index is 2.39. The van der Waals surface area contributed by atoms with Crippen molar-refractivity contribution in [3.8, 4) is 0 Å². The Bertz CT molecular complexity index is 283. The molecule has 2 atom stereocenters. The standard InChI is InChI=1S/C11H21N3O3/c1-8(3-5-12)10(15)14-6-4-9(7-14)13-11(16)17-2/h8-9H,3-7,12H2,1-2H3,(H,13,16). The summed E-state index contributed by atoms with van der Waals surface area (Å²) in [4.78, 5) is 24.8. The maximum absolute atomic E-state index is 12.0. The first-order valence-electron chi connectivity index (χ1n) is 5.91. The predicted molar refractivity (Wildman–Crippen MR) is 63.4 cm³/mol. The zero-order valence-electron chi connectivity index (χ0n) is 10.4. The smallest absolute Gasteiger partial charge is 0.407 e. The van der Waals surface area contributed by atoms with Crippen molar-refractivity contribution in [2.75, 3.05) is 26.7 Å². The largest absolute Gasteiger partial charge is 0.453 e. The maximum Gasteiger partial charge on any atom is 0.407 e. The summed E-state index contributed by atoms with van der Waals surface area (Å²) >= 11 is 0. The topological polar surface area (TPSA) is 84.7 Å². The van der Waals surface area contributed by atoms with Gasteiger partial charge < -0.3 is 20.7 Å². The third-order valence-corrected chi connectivity index (χ3v) is 3.03. The summed E-state index contributed by atoms with van der Waals surface area (Å²) in [5.41, 5.74) is 5.43. The first-order valence-corrected chi connectivity index (χ1v) is 5.91. The van der Waals surface area contributed by atoms with Gasteiger partial charge in [0.15, 0.2) is 0 Å². The Kier molecular flexibility index (Phi) is 5.21.